The van der Waals surface area contributed by atoms with E-state index in [9.17, 15) is 5.11 Å². The summed E-state index contributed by atoms with van der Waals surface area (Å²) in [5, 5.41) is 13.8. The fourth-order valence-corrected chi connectivity index (χ4v) is 4.38. The molecule has 0 spiro atoms. The molecule has 152 valence electrons. The number of hydrogen-bond donors (Lipinski definition) is 2. The topological polar surface area (TPSA) is 44.7 Å². The third-order valence-electron chi connectivity index (χ3n) is 4.95. The molecule has 3 rings (SSSR count). The second kappa shape index (κ2) is 12.1. The Hall–Kier alpha value is -1.53. The first-order valence-electron chi connectivity index (χ1n) is 10.2. The number of aliphatic hydroxyl groups excluding tert-OH is 1. The van der Waals surface area contributed by atoms with Crippen molar-refractivity contribution < 1.29 is 9.84 Å². The molecular weight excluding hydrogens is 368 g/mol. The quantitative estimate of drug-likeness (QED) is 0.567. The highest BCUT2D eigenvalue weighted by Gasteiger charge is 2.15. The van der Waals surface area contributed by atoms with Crippen LogP contribution in [0.5, 0.6) is 5.75 Å². The molecule has 5 heteroatoms. The lowest BCUT2D eigenvalue weighted by atomic mass is 10.1. The lowest BCUT2D eigenvalue weighted by Gasteiger charge is -2.28. The Morgan fingerprint density at radius 1 is 1.04 bits per heavy atom. The second-order valence-corrected chi connectivity index (χ2v) is 8.48. The van der Waals surface area contributed by atoms with Gasteiger partial charge in [0.05, 0.1) is 0 Å². The lowest BCUT2D eigenvalue weighted by molar-refractivity contribution is 0.0711. The maximum atomic E-state index is 10.3. The van der Waals surface area contributed by atoms with E-state index in [1.807, 2.05) is 30.0 Å². The van der Waals surface area contributed by atoms with Crippen LogP contribution in [0.25, 0.3) is 0 Å². The Kier molecular flexibility index (Phi) is 9.17. The van der Waals surface area contributed by atoms with Crippen molar-refractivity contribution in [1.82, 2.24) is 10.2 Å². The number of rotatable bonds is 11. The molecule has 2 N–H and O–H groups in total. The van der Waals surface area contributed by atoms with Gasteiger partial charge in [-0.1, -0.05) is 48.5 Å². The molecule has 0 amide bonds. The van der Waals surface area contributed by atoms with Gasteiger partial charge < -0.3 is 15.2 Å². The minimum Gasteiger partial charge on any atom is -0.491 e. The van der Waals surface area contributed by atoms with Gasteiger partial charge in [-0.3, -0.25) is 4.90 Å². The average molecular weight is 401 g/mol. The summed E-state index contributed by atoms with van der Waals surface area (Å²) in [6.45, 7) is 4.91. The predicted octanol–water partition coefficient (Wildman–Crippen LogP) is 3.20. The molecule has 0 saturated carbocycles. The van der Waals surface area contributed by atoms with Crippen molar-refractivity contribution >= 4 is 11.8 Å². The van der Waals surface area contributed by atoms with Crippen molar-refractivity contribution in [2.45, 2.75) is 25.5 Å². The summed E-state index contributed by atoms with van der Waals surface area (Å²) in [4.78, 5) is 2.32. The number of benzene rings is 2. The molecular formula is C23H32N2O2S. The molecule has 1 fully saturated rings. The van der Waals surface area contributed by atoms with E-state index >= 15 is 0 Å². The number of ether oxygens (including phenoxy) is 1. The molecule has 2 aromatic rings. The van der Waals surface area contributed by atoms with Gasteiger partial charge in [0.15, 0.2) is 0 Å². The molecule has 2 aromatic carbocycles. The summed E-state index contributed by atoms with van der Waals surface area (Å²) in [7, 11) is 0. The fraction of sp³-hybridized carbons (Fsp3) is 0.478. The SMILES string of the molecule is O[C@H](COc1ccccc1CNCCCc1ccccc1)CN1CCSCC1. The van der Waals surface area contributed by atoms with Gasteiger partial charge in [0, 0.05) is 43.2 Å². The minimum absolute atomic E-state index is 0.342. The zero-order valence-corrected chi connectivity index (χ0v) is 17.4. The van der Waals surface area contributed by atoms with E-state index in [0.717, 1.165) is 61.8 Å². The molecule has 1 aliphatic rings. The predicted molar refractivity (Wildman–Crippen MR) is 118 cm³/mol. The van der Waals surface area contributed by atoms with Gasteiger partial charge in [0.25, 0.3) is 0 Å². The average Bonchev–Trinajstić information content (AvgIpc) is 2.74. The fourth-order valence-electron chi connectivity index (χ4n) is 3.40. The van der Waals surface area contributed by atoms with Crippen LogP contribution >= 0.6 is 11.8 Å². The third kappa shape index (κ3) is 7.47. The molecule has 4 nitrogen and oxygen atoms in total. The first kappa shape index (κ1) is 21.2. The Bertz CT molecular complexity index is 677. The van der Waals surface area contributed by atoms with E-state index in [-0.39, 0.29) is 0 Å². The molecule has 1 aliphatic heterocycles. The van der Waals surface area contributed by atoms with Crippen molar-refractivity contribution in [2.75, 3.05) is 44.3 Å². The van der Waals surface area contributed by atoms with Gasteiger partial charge in [0.2, 0.25) is 0 Å². The van der Waals surface area contributed by atoms with E-state index in [0.29, 0.717) is 13.2 Å². The molecule has 0 unspecified atom stereocenters. The van der Waals surface area contributed by atoms with Crippen LogP contribution in [-0.2, 0) is 13.0 Å². The van der Waals surface area contributed by atoms with Gasteiger partial charge in [-0.05, 0) is 31.0 Å². The number of β-amino-alcohol motifs (C(OH)–C–C–N with tert-alkyl or cyclic N) is 1. The van der Waals surface area contributed by atoms with Crippen LogP contribution in [0.2, 0.25) is 0 Å². The highest BCUT2D eigenvalue weighted by atomic mass is 32.2. The van der Waals surface area contributed by atoms with Gasteiger partial charge in [-0.2, -0.15) is 11.8 Å². The molecule has 1 saturated heterocycles. The van der Waals surface area contributed by atoms with Gasteiger partial charge in [-0.15, -0.1) is 0 Å². The summed E-state index contributed by atoms with van der Waals surface area (Å²) < 4.78 is 5.94. The second-order valence-electron chi connectivity index (χ2n) is 7.25. The zero-order chi connectivity index (χ0) is 19.4. The molecule has 1 atom stereocenters. The number of thioether (sulfide) groups is 1. The minimum atomic E-state index is -0.449. The Labute approximate surface area is 173 Å². The number of aryl methyl sites for hydroxylation is 1. The number of para-hydroxylation sites is 1. The Morgan fingerprint density at radius 2 is 1.79 bits per heavy atom. The normalized spacial score (nSPS) is 16.0. The van der Waals surface area contributed by atoms with Crippen molar-refractivity contribution in [1.29, 1.82) is 0 Å². The van der Waals surface area contributed by atoms with Gasteiger partial charge in [0.1, 0.15) is 18.5 Å². The lowest BCUT2D eigenvalue weighted by Crippen LogP contribution is -2.40. The highest BCUT2D eigenvalue weighted by Crippen LogP contribution is 2.18. The summed E-state index contributed by atoms with van der Waals surface area (Å²) in [6.07, 6.45) is 1.75. The summed E-state index contributed by atoms with van der Waals surface area (Å²) >= 11 is 1.99. The van der Waals surface area contributed by atoms with E-state index in [4.69, 9.17) is 4.74 Å². The van der Waals surface area contributed by atoms with Crippen LogP contribution in [0, 0.1) is 0 Å². The monoisotopic (exact) mass is 400 g/mol. The van der Waals surface area contributed by atoms with Crippen molar-refractivity contribution in [2.24, 2.45) is 0 Å². The van der Waals surface area contributed by atoms with Crippen molar-refractivity contribution in [3.63, 3.8) is 0 Å². The highest BCUT2D eigenvalue weighted by molar-refractivity contribution is 7.99. The molecule has 1 heterocycles. The van der Waals surface area contributed by atoms with Crippen LogP contribution in [0.4, 0.5) is 0 Å². The Balaban J connectivity index is 1.37. The van der Waals surface area contributed by atoms with Crippen LogP contribution in [0.15, 0.2) is 54.6 Å². The van der Waals surface area contributed by atoms with Crippen LogP contribution in [0.3, 0.4) is 0 Å². The van der Waals surface area contributed by atoms with Crippen LogP contribution in [0.1, 0.15) is 17.5 Å². The molecule has 0 radical (unpaired) electrons. The molecule has 0 aromatic heterocycles. The first-order valence-corrected chi connectivity index (χ1v) is 11.4. The van der Waals surface area contributed by atoms with E-state index in [1.165, 1.54) is 5.56 Å². The summed E-state index contributed by atoms with van der Waals surface area (Å²) in [5.41, 5.74) is 2.53. The number of hydrogen-bond acceptors (Lipinski definition) is 5. The van der Waals surface area contributed by atoms with E-state index in [2.05, 4.69) is 46.6 Å². The maximum Gasteiger partial charge on any atom is 0.123 e. The maximum absolute atomic E-state index is 10.3. The molecule has 0 aliphatic carbocycles. The largest absolute Gasteiger partial charge is 0.491 e. The van der Waals surface area contributed by atoms with E-state index in [1.54, 1.807) is 0 Å². The van der Waals surface area contributed by atoms with Crippen molar-refractivity contribution in [3.05, 3.63) is 65.7 Å². The third-order valence-corrected chi connectivity index (χ3v) is 5.90. The number of nitrogens with one attached hydrogen (secondary N) is 1. The van der Waals surface area contributed by atoms with Gasteiger partial charge in [-0.25, -0.2) is 0 Å². The first-order chi connectivity index (χ1) is 13.8. The summed E-state index contributed by atoms with van der Waals surface area (Å²) in [5.74, 6) is 3.19. The van der Waals surface area contributed by atoms with Crippen LogP contribution in [-0.4, -0.2) is 60.4 Å². The standard InChI is InChI=1S/C23H32N2O2S/c26-22(18-25-13-15-28-16-14-25)19-27-23-11-5-4-10-21(23)17-24-12-6-9-20-7-2-1-3-8-20/h1-5,7-8,10-11,22,24,26H,6,9,12-19H2/t22-/m0/s1. The van der Waals surface area contributed by atoms with E-state index < -0.39 is 6.10 Å². The Morgan fingerprint density at radius 3 is 2.61 bits per heavy atom. The molecule has 0 bridgehead atoms. The van der Waals surface area contributed by atoms with Crippen molar-refractivity contribution in [3.8, 4) is 5.75 Å². The molecule has 28 heavy (non-hydrogen) atoms. The zero-order valence-electron chi connectivity index (χ0n) is 16.6. The summed E-state index contributed by atoms with van der Waals surface area (Å²) in [6, 6.07) is 18.7. The smallest absolute Gasteiger partial charge is 0.123 e. The number of nitrogens with zero attached hydrogens (tertiary/aromatic N) is 1. The van der Waals surface area contributed by atoms with Gasteiger partial charge >= 0.3 is 0 Å². The van der Waals surface area contributed by atoms with Crippen LogP contribution < -0.4 is 10.1 Å². The number of aliphatic hydroxyl groups is 1.